The van der Waals surface area contributed by atoms with Gasteiger partial charge >= 0.3 is 5.97 Å². The smallest absolute Gasteiger partial charge is 0.325 e. The van der Waals surface area contributed by atoms with E-state index in [9.17, 15) is 18.0 Å². The number of aryl methyl sites for hydroxylation is 1. The number of esters is 1. The maximum absolute atomic E-state index is 13.0. The van der Waals surface area contributed by atoms with Gasteiger partial charge in [0.15, 0.2) is 0 Å². The molecule has 0 spiro atoms. The number of hydrogen-bond acceptors (Lipinski definition) is 6. The van der Waals surface area contributed by atoms with Crippen molar-refractivity contribution in [2.45, 2.75) is 45.1 Å². The molecule has 0 saturated carbocycles. The van der Waals surface area contributed by atoms with Crippen molar-refractivity contribution in [2.75, 3.05) is 33.4 Å². The van der Waals surface area contributed by atoms with Gasteiger partial charge in [0.05, 0.1) is 18.1 Å². The van der Waals surface area contributed by atoms with E-state index >= 15 is 0 Å². The molecular formula is C19H30N2O6S. The lowest BCUT2D eigenvalue weighted by Gasteiger charge is -2.23. The summed E-state index contributed by atoms with van der Waals surface area (Å²) in [6.07, 6.45) is 0. The number of sulfonamides is 1. The van der Waals surface area contributed by atoms with Crippen molar-refractivity contribution in [1.82, 2.24) is 9.62 Å². The first-order valence-corrected chi connectivity index (χ1v) is 10.5. The second-order valence-electron chi connectivity index (χ2n) is 7.36. The van der Waals surface area contributed by atoms with Crippen LogP contribution in [0.1, 0.15) is 43.6 Å². The van der Waals surface area contributed by atoms with Gasteiger partial charge in [0, 0.05) is 24.8 Å². The molecule has 1 rings (SSSR count). The Morgan fingerprint density at radius 1 is 1.21 bits per heavy atom. The number of rotatable bonds is 9. The SMILES string of the molecule is CCOC(=O)CN(CCOC)C(=O)c1cc(S(=O)(=O)NC(C)(C)C)ccc1C. The van der Waals surface area contributed by atoms with Crippen LogP contribution in [-0.4, -0.2) is 64.1 Å². The maximum atomic E-state index is 13.0. The Morgan fingerprint density at radius 2 is 1.86 bits per heavy atom. The lowest BCUT2D eigenvalue weighted by atomic mass is 10.1. The lowest BCUT2D eigenvalue weighted by molar-refractivity contribution is -0.143. The zero-order chi connectivity index (χ0) is 21.5. The Balaban J connectivity index is 3.24. The first-order chi connectivity index (χ1) is 12.9. The average Bonchev–Trinajstić information content (AvgIpc) is 2.56. The second kappa shape index (κ2) is 9.99. The third-order valence-corrected chi connectivity index (χ3v) is 5.42. The van der Waals surface area contributed by atoms with Crippen LogP contribution >= 0.6 is 0 Å². The van der Waals surface area contributed by atoms with Gasteiger partial charge in [0.1, 0.15) is 6.54 Å². The highest BCUT2D eigenvalue weighted by Gasteiger charge is 2.26. The molecule has 1 aromatic rings. The lowest BCUT2D eigenvalue weighted by Crippen LogP contribution is -2.41. The van der Waals surface area contributed by atoms with Crippen LogP contribution in [-0.2, 0) is 24.3 Å². The number of methoxy groups -OCH3 is 1. The highest BCUT2D eigenvalue weighted by Crippen LogP contribution is 2.19. The fourth-order valence-electron chi connectivity index (χ4n) is 2.45. The molecule has 0 atom stereocenters. The Morgan fingerprint density at radius 3 is 2.39 bits per heavy atom. The molecule has 8 nitrogen and oxygen atoms in total. The number of benzene rings is 1. The van der Waals surface area contributed by atoms with Crippen molar-refractivity contribution in [3.63, 3.8) is 0 Å². The maximum Gasteiger partial charge on any atom is 0.325 e. The average molecular weight is 415 g/mol. The molecule has 1 N–H and O–H groups in total. The van der Waals surface area contributed by atoms with Crippen molar-refractivity contribution in [3.8, 4) is 0 Å². The predicted molar refractivity (Wildman–Crippen MR) is 106 cm³/mol. The summed E-state index contributed by atoms with van der Waals surface area (Å²) in [6, 6.07) is 4.35. The summed E-state index contributed by atoms with van der Waals surface area (Å²) >= 11 is 0. The predicted octanol–water partition coefficient (Wildman–Crippen LogP) is 1.72. The molecule has 0 aliphatic carbocycles. The minimum Gasteiger partial charge on any atom is -0.465 e. The number of nitrogens with zero attached hydrogens (tertiary/aromatic N) is 1. The summed E-state index contributed by atoms with van der Waals surface area (Å²) in [6.45, 7) is 8.95. The van der Waals surface area contributed by atoms with E-state index in [2.05, 4.69) is 4.72 Å². The Kier molecular flexibility index (Phi) is 8.59. The van der Waals surface area contributed by atoms with Gasteiger partial charge in [0.2, 0.25) is 10.0 Å². The highest BCUT2D eigenvalue weighted by molar-refractivity contribution is 7.89. The molecule has 9 heteroatoms. The van der Waals surface area contributed by atoms with E-state index in [0.29, 0.717) is 5.56 Å². The molecule has 1 aromatic carbocycles. The monoisotopic (exact) mass is 414 g/mol. The normalized spacial score (nSPS) is 11.9. The van der Waals surface area contributed by atoms with Crippen molar-refractivity contribution < 1.29 is 27.5 Å². The molecule has 0 aliphatic rings. The minimum atomic E-state index is -3.80. The second-order valence-corrected chi connectivity index (χ2v) is 9.04. The van der Waals surface area contributed by atoms with Crippen LogP contribution in [0.15, 0.2) is 23.1 Å². The molecule has 0 fully saturated rings. The van der Waals surface area contributed by atoms with E-state index in [1.807, 2.05) is 0 Å². The Labute approximate surface area is 167 Å². The van der Waals surface area contributed by atoms with Gasteiger partial charge in [-0.3, -0.25) is 9.59 Å². The number of amides is 1. The molecule has 0 aliphatic heterocycles. The first kappa shape index (κ1) is 24.1. The third-order valence-electron chi connectivity index (χ3n) is 3.67. The van der Waals surface area contributed by atoms with Gasteiger partial charge < -0.3 is 14.4 Å². The van der Waals surface area contributed by atoms with Gasteiger partial charge in [-0.25, -0.2) is 13.1 Å². The first-order valence-electron chi connectivity index (χ1n) is 8.99. The van der Waals surface area contributed by atoms with Crippen LogP contribution in [0.5, 0.6) is 0 Å². The van der Waals surface area contributed by atoms with E-state index in [4.69, 9.17) is 9.47 Å². The van der Waals surface area contributed by atoms with Crippen LogP contribution in [0.3, 0.4) is 0 Å². The van der Waals surface area contributed by atoms with Crippen LogP contribution in [0, 0.1) is 6.92 Å². The molecule has 0 unspecified atom stereocenters. The summed E-state index contributed by atoms with van der Waals surface area (Å²) in [7, 11) is -2.31. The Bertz CT molecular complexity index is 799. The summed E-state index contributed by atoms with van der Waals surface area (Å²) in [5.74, 6) is -1.00. The fraction of sp³-hybridized carbons (Fsp3) is 0.579. The van der Waals surface area contributed by atoms with Gasteiger partial charge in [-0.2, -0.15) is 0 Å². The quantitative estimate of drug-likeness (QED) is 0.618. The van der Waals surface area contributed by atoms with Gasteiger partial charge in [-0.15, -0.1) is 0 Å². The number of nitrogens with one attached hydrogen (secondary N) is 1. The van der Waals surface area contributed by atoms with E-state index in [-0.39, 0.29) is 36.8 Å². The topological polar surface area (TPSA) is 102 Å². The molecule has 158 valence electrons. The highest BCUT2D eigenvalue weighted by atomic mass is 32.2. The molecule has 0 bridgehead atoms. The molecular weight excluding hydrogens is 384 g/mol. The molecule has 0 aromatic heterocycles. The summed E-state index contributed by atoms with van der Waals surface area (Å²) in [5, 5.41) is 0. The van der Waals surface area contributed by atoms with Crippen molar-refractivity contribution in [2.24, 2.45) is 0 Å². The van der Waals surface area contributed by atoms with Gasteiger partial charge in [-0.1, -0.05) is 6.07 Å². The van der Waals surface area contributed by atoms with Gasteiger partial charge in [-0.05, 0) is 52.3 Å². The van der Waals surface area contributed by atoms with Crippen molar-refractivity contribution in [3.05, 3.63) is 29.3 Å². The summed E-state index contributed by atoms with van der Waals surface area (Å²) in [5.41, 5.74) is 0.144. The molecule has 1 amide bonds. The molecule has 28 heavy (non-hydrogen) atoms. The molecule has 0 saturated heterocycles. The number of hydrogen-bond donors (Lipinski definition) is 1. The zero-order valence-electron chi connectivity index (χ0n) is 17.4. The van der Waals surface area contributed by atoms with Crippen LogP contribution in [0.2, 0.25) is 0 Å². The number of carbonyl (C=O) groups excluding carboxylic acids is 2. The largest absolute Gasteiger partial charge is 0.465 e. The zero-order valence-corrected chi connectivity index (χ0v) is 18.2. The standard InChI is InChI=1S/C19H30N2O6S/c1-7-27-17(22)13-21(10-11-26-6)18(23)16-12-15(9-8-14(16)2)28(24,25)20-19(3,4)5/h8-9,12,20H,7,10-11,13H2,1-6H3. The van der Waals surface area contributed by atoms with E-state index < -0.39 is 27.4 Å². The van der Waals surface area contributed by atoms with Crippen LogP contribution < -0.4 is 4.72 Å². The van der Waals surface area contributed by atoms with E-state index in [1.54, 1.807) is 40.7 Å². The minimum absolute atomic E-state index is 0.0146. The van der Waals surface area contributed by atoms with Gasteiger partial charge in [0.25, 0.3) is 5.91 Å². The number of ether oxygens (including phenoxy) is 2. The molecule has 0 heterocycles. The summed E-state index contributed by atoms with van der Waals surface area (Å²) in [4.78, 5) is 26.2. The van der Waals surface area contributed by atoms with Crippen LogP contribution in [0.4, 0.5) is 0 Å². The molecule has 0 radical (unpaired) electrons. The van der Waals surface area contributed by atoms with Crippen molar-refractivity contribution in [1.29, 1.82) is 0 Å². The number of carbonyl (C=O) groups is 2. The van der Waals surface area contributed by atoms with Crippen LogP contribution in [0.25, 0.3) is 0 Å². The fourth-order valence-corrected chi connectivity index (χ4v) is 3.89. The third kappa shape index (κ3) is 7.21. The van der Waals surface area contributed by atoms with Crippen molar-refractivity contribution >= 4 is 21.9 Å². The summed E-state index contributed by atoms with van der Waals surface area (Å²) < 4.78 is 37.7. The van der Waals surface area contributed by atoms with E-state index in [1.165, 1.54) is 24.1 Å². The van der Waals surface area contributed by atoms with E-state index in [0.717, 1.165) is 0 Å². The Hall–Kier alpha value is -1.97.